The molecule has 0 spiro atoms. The average Bonchev–Trinajstić information content (AvgIpc) is 2.61. The molecule has 3 rings (SSSR count). The third kappa shape index (κ3) is 3.84. The number of anilines is 1. The van der Waals surface area contributed by atoms with E-state index in [1.165, 1.54) is 23.3 Å². The Balaban J connectivity index is 1.99. The van der Waals surface area contributed by atoms with Gasteiger partial charge in [0.05, 0.1) is 12.2 Å². The number of benzene rings is 1. The van der Waals surface area contributed by atoms with E-state index in [1.54, 1.807) is 11.8 Å². The molecule has 1 aliphatic heterocycles. The molecule has 2 aliphatic rings. The lowest BCUT2D eigenvalue weighted by molar-refractivity contribution is -0.131. The molecule has 0 atom stereocenters. The summed E-state index contributed by atoms with van der Waals surface area (Å²) in [7, 11) is 0. The first-order valence-electron chi connectivity index (χ1n) is 9.74. The topological polar surface area (TPSA) is 66.8 Å². The Morgan fingerprint density at radius 1 is 1.07 bits per heavy atom. The third-order valence-electron chi connectivity index (χ3n) is 5.90. The molecule has 1 aliphatic carbocycles. The van der Waals surface area contributed by atoms with Crippen LogP contribution in [0.5, 0.6) is 5.75 Å². The highest BCUT2D eigenvalue weighted by Crippen LogP contribution is 2.49. The maximum atomic E-state index is 12.8. The van der Waals surface area contributed by atoms with Crippen LogP contribution in [0, 0.1) is 0 Å². The molecule has 0 saturated carbocycles. The largest absolute Gasteiger partial charge is 0.490 e. The van der Waals surface area contributed by atoms with Gasteiger partial charge in [0, 0.05) is 12.2 Å². The molecule has 150 valence electrons. The summed E-state index contributed by atoms with van der Waals surface area (Å²) in [4.78, 5) is 25.3. The first kappa shape index (κ1) is 20.2. The summed E-state index contributed by atoms with van der Waals surface area (Å²) in [6.07, 6.45) is 6.26. The number of hydrogen-bond donors (Lipinski definition) is 1. The van der Waals surface area contributed by atoms with E-state index in [1.807, 2.05) is 0 Å². The number of carboxylic acids is 1. The molecular weight excluding hydrogens is 354 g/mol. The normalized spacial score (nSPS) is 20.3. The molecule has 1 amide bonds. The van der Waals surface area contributed by atoms with Gasteiger partial charge >= 0.3 is 5.97 Å². The average molecular weight is 383 g/mol. The Bertz CT molecular complexity index is 877. The number of allylic oxidation sites excluding steroid dienone is 2. The van der Waals surface area contributed by atoms with Crippen LogP contribution >= 0.6 is 0 Å². The lowest BCUT2D eigenvalue weighted by Gasteiger charge is -2.43. The van der Waals surface area contributed by atoms with Crippen LogP contribution in [0.4, 0.5) is 5.69 Å². The van der Waals surface area contributed by atoms with Crippen molar-refractivity contribution in [1.29, 1.82) is 0 Å². The maximum absolute atomic E-state index is 12.8. The summed E-state index contributed by atoms with van der Waals surface area (Å²) >= 11 is 0. The van der Waals surface area contributed by atoms with E-state index >= 15 is 0 Å². The molecular formula is C23H29NO4. The molecule has 0 radical (unpaired) electrons. The van der Waals surface area contributed by atoms with Crippen molar-refractivity contribution in [2.24, 2.45) is 0 Å². The third-order valence-corrected chi connectivity index (χ3v) is 5.90. The Morgan fingerprint density at radius 3 is 2.29 bits per heavy atom. The van der Waals surface area contributed by atoms with Gasteiger partial charge < -0.3 is 14.7 Å². The Kier molecular flexibility index (Phi) is 5.13. The molecule has 1 aromatic carbocycles. The summed E-state index contributed by atoms with van der Waals surface area (Å²) in [6.45, 7) is 11.6. The number of fused-ring (bicyclic) bond motifs is 2. The predicted molar refractivity (Wildman–Crippen MR) is 110 cm³/mol. The summed E-state index contributed by atoms with van der Waals surface area (Å²) in [5, 5.41) is 8.81. The lowest BCUT2D eigenvalue weighted by atomic mass is 9.63. The molecule has 0 aromatic heterocycles. The van der Waals surface area contributed by atoms with E-state index in [0.717, 1.165) is 30.4 Å². The van der Waals surface area contributed by atoms with Gasteiger partial charge in [-0.2, -0.15) is 0 Å². The zero-order valence-corrected chi connectivity index (χ0v) is 17.3. The Morgan fingerprint density at radius 2 is 1.68 bits per heavy atom. The van der Waals surface area contributed by atoms with Crippen LogP contribution in [0.2, 0.25) is 0 Å². The second-order valence-corrected chi connectivity index (χ2v) is 9.03. The van der Waals surface area contributed by atoms with Crippen molar-refractivity contribution in [2.45, 2.75) is 58.3 Å². The minimum atomic E-state index is -1.03. The highest BCUT2D eigenvalue weighted by atomic mass is 16.5. The van der Waals surface area contributed by atoms with Crippen LogP contribution in [-0.4, -0.2) is 30.1 Å². The highest BCUT2D eigenvalue weighted by Gasteiger charge is 2.39. The van der Waals surface area contributed by atoms with Crippen molar-refractivity contribution in [1.82, 2.24) is 0 Å². The first-order valence-corrected chi connectivity index (χ1v) is 9.74. The van der Waals surface area contributed by atoms with Gasteiger partial charge in [-0.25, -0.2) is 4.79 Å². The van der Waals surface area contributed by atoms with Crippen LogP contribution in [0.25, 0.3) is 0 Å². The van der Waals surface area contributed by atoms with Gasteiger partial charge in [0.2, 0.25) is 0 Å². The lowest BCUT2D eigenvalue weighted by Crippen LogP contribution is -2.39. The number of carbonyl (C=O) groups is 2. The molecule has 1 aromatic rings. The smallest absolute Gasteiger partial charge is 0.328 e. The Hall–Kier alpha value is -2.56. The number of nitrogens with zero attached hydrogens (tertiary/aromatic N) is 1. The maximum Gasteiger partial charge on any atom is 0.328 e. The van der Waals surface area contributed by atoms with Crippen molar-refractivity contribution >= 4 is 17.6 Å². The van der Waals surface area contributed by atoms with Crippen LogP contribution in [0.15, 0.2) is 35.9 Å². The van der Waals surface area contributed by atoms with Crippen molar-refractivity contribution in [3.63, 3.8) is 0 Å². The van der Waals surface area contributed by atoms with E-state index in [-0.39, 0.29) is 16.7 Å². The number of carbonyl (C=O) groups excluding carboxylic acids is 1. The van der Waals surface area contributed by atoms with E-state index in [9.17, 15) is 9.59 Å². The van der Waals surface area contributed by atoms with Gasteiger partial charge in [0.15, 0.2) is 0 Å². The number of ether oxygens (including phenoxy) is 1. The summed E-state index contributed by atoms with van der Waals surface area (Å²) < 4.78 is 5.90. The van der Waals surface area contributed by atoms with Crippen LogP contribution in [-0.2, 0) is 20.4 Å². The van der Waals surface area contributed by atoms with Gasteiger partial charge in [-0.15, -0.1) is 0 Å². The monoisotopic (exact) mass is 383 g/mol. The number of amides is 1. The molecule has 28 heavy (non-hydrogen) atoms. The molecule has 1 N–H and O–H groups in total. The molecule has 5 heteroatoms. The zero-order valence-electron chi connectivity index (χ0n) is 17.3. The second-order valence-electron chi connectivity index (χ2n) is 9.03. The van der Waals surface area contributed by atoms with Gasteiger partial charge in [-0.3, -0.25) is 4.79 Å². The van der Waals surface area contributed by atoms with Crippen molar-refractivity contribution in [3.8, 4) is 5.75 Å². The fourth-order valence-corrected chi connectivity index (χ4v) is 4.04. The van der Waals surface area contributed by atoms with Gasteiger partial charge in [-0.05, 0) is 59.4 Å². The molecule has 5 nitrogen and oxygen atoms in total. The summed E-state index contributed by atoms with van der Waals surface area (Å²) in [5.74, 6) is -0.450. The van der Waals surface area contributed by atoms with E-state index < -0.39 is 5.97 Å². The van der Waals surface area contributed by atoms with Crippen LogP contribution in [0.1, 0.15) is 58.6 Å². The van der Waals surface area contributed by atoms with Gasteiger partial charge in [0.1, 0.15) is 12.4 Å². The fraction of sp³-hybridized carbons (Fsp3) is 0.478. The number of carboxylic acid groups (broad SMARTS) is 1. The van der Waals surface area contributed by atoms with E-state index in [0.29, 0.717) is 18.7 Å². The van der Waals surface area contributed by atoms with Crippen molar-refractivity contribution in [2.75, 3.05) is 18.1 Å². The van der Waals surface area contributed by atoms with Crippen molar-refractivity contribution < 1.29 is 19.4 Å². The van der Waals surface area contributed by atoms with Gasteiger partial charge in [0.25, 0.3) is 5.91 Å². The second kappa shape index (κ2) is 7.12. The van der Waals surface area contributed by atoms with Gasteiger partial charge in [-0.1, -0.05) is 33.8 Å². The first-order chi connectivity index (χ1) is 13.0. The molecule has 0 unspecified atom stereocenters. The minimum absolute atomic E-state index is 0.0443. The SMILES string of the molecule is CC(/C=C/C(=O)N1CCOc2cc3c(cc21)C(C)(C)CCC3(C)C)=C\C(=O)O. The zero-order chi connectivity index (χ0) is 20.7. The molecule has 0 fully saturated rings. The molecule has 1 heterocycles. The number of rotatable bonds is 3. The standard InChI is InChI=1S/C23H29NO4/c1-15(12-21(26)27)6-7-20(25)24-10-11-28-19-14-17-16(13-18(19)24)22(2,3)8-9-23(17,4)5/h6-7,12-14H,8-11H2,1-5H3,(H,26,27)/b7-6+,15-12+. The van der Waals surface area contributed by atoms with E-state index in [4.69, 9.17) is 9.84 Å². The van der Waals surface area contributed by atoms with Crippen LogP contribution in [0.3, 0.4) is 0 Å². The molecule has 0 saturated heterocycles. The summed E-state index contributed by atoms with van der Waals surface area (Å²) in [5.41, 5.74) is 4.01. The number of hydrogen-bond acceptors (Lipinski definition) is 3. The predicted octanol–water partition coefficient (Wildman–Crippen LogP) is 4.35. The Labute approximate surface area is 166 Å². The molecule has 0 bridgehead atoms. The van der Waals surface area contributed by atoms with E-state index in [2.05, 4.69) is 39.8 Å². The summed E-state index contributed by atoms with van der Waals surface area (Å²) in [6, 6.07) is 4.24. The van der Waals surface area contributed by atoms with Crippen molar-refractivity contribution in [3.05, 3.63) is 47.1 Å². The van der Waals surface area contributed by atoms with Crippen LogP contribution < -0.4 is 9.64 Å². The quantitative estimate of drug-likeness (QED) is 0.622. The fourth-order valence-electron chi connectivity index (χ4n) is 4.04. The number of aliphatic carboxylic acids is 1. The highest BCUT2D eigenvalue weighted by molar-refractivity contribution is 6.03. The minimum Gasteiger partial charge on any atom is -0.490 e.